The fourth-order valence-corrected chi connectivity index (χ4v) is 0.838. The van der Waals surface area contributed by atoms with Crippen molar-refractivity contribution in [1.82, 2.24) is 0 Å². The molecule has 2 nitrogen and oxygen atoms in total. The number of carbonyl (C=O) groups excluding carboxylic acids is 1. The number of hydrogen-bond donors (Lipinski definition) is 1. The number of unbranched alkanes of at least 4 members (excludes halogenated alkanes) is 1. The van der Waals surface area contributed by atoms with Crippen molar-refractivity contribution < 1.29 is 4.79 Å². The molecule has 0 rings (SSSR count). The monoisotopic (exact) mass is 155 g/mol. The van der Waals surface area contributed by atoms with Gasteiger partial charge in [-0.15, -0.1) is 0 Å². The highest BCUT2D eigenvalue weighted by atomic mass is 16.1. The molecule has 0 aromatic carbocycles. The Balaban J connectivity index is 3.46. The molecule has 0 saturated carbocycles. The van der Waals surface area contributed by atoms with E-state index < -0.39 is 0 Å². The third kappa shape index (κ3) is 7.26. The summed E-state index contributed by atoms with van der Waals surface area (Å²) in [6, 6.07) is 0. The van der Waals surface area contributed by atoms with Gasteiger partial charge in [0.15, 0.2) is 5.78 Å². The van der Waals surface area contributed by atoms with Crippen LogP contribution in [-0.2, 0) is 4.79 Å². The summed E-state index contributed by atoms with van der Waals surface area (Å²) in [5.74, 6) is 0.221. The molecular weight excluding hydrogens is 138 g/mol. The number of allylic oxidation sites excluding steroid dienone is 2. The average molecular weight is 155 g/mol. The van der Waals surface area contributed by atoms with Gasteiger partial charge in [-0.3, -0.25) is 4.79 Å². The molecule has 0 fully saturated rings. The fraction of sp³-hybridized carbons (Fsp3) is 0.667. The zero-order valence-electron chi connectivity index (χ0n) is 7.39. The van der Waals surface area contributed by atoms with Crippen molar-refractivity contribution in [3.8, 4) is 0 Å². The average Bonchev–Trinajstić information content (AvgIpc) is 1.86. The van der Waals surface area contributed by atoms with E-state index in [0.29, 0.717) is 13.0 Å². The molecule has 0 atom stereocenters. The minimum atomic E-state index is 0.221. The van der Waals surface area contributed by atoms with Crippen molar-refractivity contribution in [1.29, 1.82) is 0 Å². The predicted octanol–water partition coefficient (Wildman–Crippen LogP) is 1.65. The molecule has 0 aliphatic heterocycles. The van der Waals surface area contributed by atoms with Crippen molar-refractivity contribution >= 4 is 5.78 Å². The molecule has 0 spiro atoms. The maximum Gasteiger partial charge on any atom is 0.155 e. The largest absolute Gasteiger partial charge is 0.330 e. The first-order chi connectivity index (χ1) is 5.16. The normalized spacial score (nSPS) is 9.36. The molecule has 11 heavy (non-hydrogen) atoms. The van der Waals surface area contributed by atoms with Crippen molar-refractivity contribution in [2.75, 3.05) is 6.54 Å². The smallest absolute Gasteiger partial charge is 0.155 e. The fourth-order valence-electron chi connectivity index (χ4n) is 0.838. The lowest BCUT2D eigenvalue weighted by atomic mass is 10.1. The number of nitrogens with two attached hydrogens (primary N) is 1. The van der Waals surface area contributed by atoms with E-state index in [1.54, 1.807) is 6.08 Å². The number of hydrogen-bond acceptors (Lipinski definition) is 2. The number of rotatable bonds is 5. The van der Waals surface area contributed by atoms with Gasteiger partial charge in [-0.1, -0.05) is 5.57 Å². The van der Waals surface area contributed by atoms with Crippen LogP contribution in [0.5, 0.6) is 0 Å². The highest BCUT2D eigenvalue weighted by Gasteiger charge is 1.95. The van der Waals surface area contributed by atoms with Crippen molar-refractivity contribution in [3.63, 3.8) is 0 Å². The third-order valence-electron chi connectivity index (χ3n) is 1.33. The molecule has 2 heteroatoms. The summed E-state index contributed by atoms with van der Waals surface area (Å²) in [5.41, 5.74) is 6.36. The van der Waals surface area contributed by atoms with Crippen molar-refractivity contribution in [2.24, 2.45) is 5.73 Å². The van der Waals surface area contributed by atoms with E-state index in [2.05, 4.69) is 0 Å². The summed E-state index contributed by atoms with van der Waals surface area (Å²) in [5, 5.41) is 0. The van der Waals surface area contributed by atoms with Crippen LogP contribution in [0.2, 0.25) is 0 Å². The van der Waals surface area contributed by atoms with E-state index in [4.69, 9.17) is 5.73 Å². The van der Waals surface area contributed by atoms with Crippen molar-refractivity contribution in [2.45, 2.75) is 33.1 Å². The Labute approximate surface area is 68.5 Å². The molecule has 0 amide bonds. The maximum atomic E-state index is 11.0. The van der Waals surface area contributed by atoms with Crippen LogP contribution in [0.15, 0.2) is 11.6 Å². The quantitative estimate of drug-likeness (QED) is 0.484. The van der Waals surface area contributed by atoms with Crippen LogP contribution in [0.4, 0.5) is 0 Å². The standard InChI is InChI=1S/C9H17NO/c1-8(2)7-9(11)5-3-4-6-10/h7H,3-6,10H2,1-2H3. The van der Waals surface area contributed by atoms with Crippen LogP contribution in [0.3, 0.4) is 0 Å². The lowest BCUT2D eigenvalue weighted by Gasteiger charge is -1.94. The molecule has 2 N–H and O–H groups in total. The minimum absolute atomic E-state index is 0.221. The lowest BCUT2D eigenvalue weighted by molar-refractivity contribution is -0.114. The second-order valence-electron chi connectivity index (χ2n) is 2.93. The van der Waals surface area contributed by atoms with Gasteiger partial charge in [-0.25, -0.2) is 0 Å². The topological polar surface area (TPSA) is 43.1 Å². The molecule has 0 aromatic heterocycles. The summed E-state index contributed by atoms with van der Waals surface area (Å²) in [6.07, 6.45) is 4.19. The Kier molecular flexibility index (Phi) is 5.75. The molecule has 0 bridgehead atoms. The summed E-state index contributed by atoms with van der Waals surface area (Å²) in [4.78, 5) is 11.0. The van der Waals surface area contributed by atoms with Crippen molar-refractivity contribution in [3.05, 3.63) is 11.6 Å². The van der Waals surface area contributed by atoms with Gasteiger partial charge in [0, 0.05) is 6.42 Å². The first kappa shape index (κ1) is 10.4. The molecule has 0 radical (unpaired) electrons. The van der Waals surface area contributed by atoms with Gasteiger partial charge in [0.05, 0.1) is 0 Å². The predicted molar refractivity (Wildman–Crippen MR) is 47.3 cm³/mol. The Hall–Kier alpha value is -0.630. The first-order valence-corrected chi connectivity index (χ1v) is 4.04. The molecule has 0 unspecified atom stereocenters. The first-order valence-electron chi connectivity index (χ1n) is 4.04. The van der Waals surface area contributed by atoms with E-state index in [9.17, 15) is 4.79 Å². The summed E-state index contributed by atoms with van der Waals surface area (Å²) in [7, 11) is 0. The van der Waals surface area contributed by atoms with Crippen LogP contribution in [0, 0.1) is 0 Å². The number of ketones is 1. The van der Waals surface area contributed by atoms with Gasteiger partial charge < -0.3 is 5.73 Å². The highest BCUT2D eigenvalue weighted by molar-refractivity contribution is 5.90. The molecule has 0 heterocycles. The second kappa shape index (κ2) is 6.10. The Morgan fingerprint density at radius 1 is 1.36 bits per heavy atom. The van der Waals surface area contributed by atoms with E-state index in [-0.39, 0.29) is 5.78 Å². The van der Waals surface area contributed by atoms with Crippen LogP contribution >= 0.6 is 0 Å². The zero-order valence-corrected chi connectivity index (χ0v) is 7.39. The van der Waals surface area contributed by atoms with Gasteiger partial charge in [0.1, 0.15) is 0 Å². The SMILES string of the molecule is CC(C)=CC(=O)CCCCN. The molecule has 0 saturated heterocycles. The van der Waals surface area contributed by atoms with Gasteiger partial charge in [0.25, 0.3) is 0 Å². The lowest BCUT2D eigenvalue weighted by Crippen LogP contribution is -2.00. The molecule has 0 aliphatic rings. The van der Waals surface area contributed by atoms with Gasteiger partial charge in [-0.05, 0) is 39.3 Å². The number of carbonyl (C=O) groups is 1. The van der Waals surface area contributed by atoms with Crippen LogP contribution in [0.25, 0.3) is 0 Å². The van der Waals surface area contributed by atoms with E-state index in [1.165, 1.54) is 0 Å². The second-order valence-corrected chi connectivity index (χ2v) is 2.93. The third-order valence-corrected chi connectivity index (χ3v) is 1.33. The van der Waals surface area contributed by atoms with E-state index in [1.807, 2.05) is 13.8 Å². The summed E-state index contributed by atoms with van der Waals surface area (Å²) in [6.45, 7) is 4.55. The Morgan fingerprint density at radius 2 is 2.00 bits per heavy atom. The summed E-state index contributed by atoms with van der Waals surface area (Å²) >= 11 is 0. The maximum absolute atomic E-state index is 11.0. The minimum Gasteiger partial charge on any atom is -0.330 e. The van der Waals surface area contributed by atoms with Crippen LogP contribution in [0.1, 0.15) is 33.1 Å². The van der Waals surface area contributed by atoms with Crippen LogP contribution < -0.4 is 5.73 Å². The molecule has 64 valence electrons. The van der Waals surface area contributed by atoms with Crippen LogP contribution in [-0.4, -0.2) is 12.3 Å². The Morgan fingerprint density at radius 3 is 2.45 bits per heavy atom. The highest BCUT2D eigenvalue weighted by Crippen LogP contribution is 1.98. The summed E-state index contributed by atoms with van der Waals surface area (Å²) < 4.78 is 0. The Bertz CT molecular complexity index is 146. The van der Waals surface area contributed by atoms with E-state index in [0.717, 1.165) is 18.4 Å². The van der Waals surface area contributed by atoms with E-state index >= 15 is 0 Å². The molecule has 0 aliphatic carbocycles. The zero-order chi connectivity index (χ0) is 8.69. The molecule has 0 aromatic rings. The van der Waals surface area contributed by atoms with Gasteiger partial charge in [-0.2, -0.15) is 0 Å². The van der Waals surface area contributed by atoms with Gasteiger partial charge in [0.2, 0.25) is 0 Å². The van der Waals surface area contributed by atoms with Gasteiger partial charge >= 0.3 is 0 Å². The molecular formula is C9H17NO.